The molecule has 0 spiro atoms. The number of ether oxygens (including phenoxy) is 2. The average Bonchev–Trinajstić information content (AvgIpc) is 2.68. The summed E-state index contributed by atoms with van der Waals surface area (Å²) in [7, 11) is 3.44. The van der Waals surface area contributed by atoms with E-state index in [1.54, 1.807) is 14.2 Å². The van der Waals surface area contributed by atoms with Crippen molar-refractivity contribution in [3.63, 3.8) is 0 Å². The highest BCUT2D eigenvalue weighted by Crippen LogP contribution is 2.30. The Labute approximate surface area is 164 Å². The number of aliphatic imine (C=N–C) groups is 1. The first-order valence-corrected chi connectivity index (χ1v) is 10.2. The van der Waals surface area contributed by atoms with Crippen molar-refractivity contribution in [2.45, 2.75) is 39.5 Å². The summed E-state index contributed by atoms with van der Waals surface area (Å²) >= 11 is 0. The molecule has 6 heteroatoms. The van der Waals surface area contributed by atoms with E-state index in [0.29, 0.717) is 12.4 Å². The molecule has 1 aliphatic rings. The minimum absolute atomic E-state index is 0.614. The van der Waals surface area contributed by atoms with Gasteiger partial charge >= 0.3 is 0 Å². The van der Waals surface area contributed by atoms with E-state index in [9.17, 15) is 0 Å². The quantitative estimate of drug-likeness (QED) is 0.392. The monoisotopic (exact) mass is 376 g/mol. The van der Waals surface area contributed by atoms with Crippen LogP contribution in [0.25, 0.3) is 0 Å². The molecule has 1 aromatic carbocycles. The summed E-state index contributed by atoms with van der Waals surface area (Å²) in [5.74, 6) is 3.09. The van der Waals surface area contributed by atoms with Gasteiger partial charge in [-0.25, -0.2) is 0 Å². The molecule has 1 aromatic rings. The van der Waals surface area contributed by atoms with Gasteiger partial charge in [-0.3, -0.25) is 4.99 Å². The van der Waals surface area contributed by atoms with Crippen LogP contribution in [0.5, 0.6) is 11.5 Å². The Bertz CT molecular complexity index is 592. The zero-order chi connectivity index (χ0) is 19.5. The van der Waals surface area contributed by atoms with Crippen molar-refractivity contribution in [1.82, 2.24) is 10.2 Å². The molecule has 1 atom stereocenters. The molecule has 0 aromatic heterocycles. The lowest BCUT2D eigenvalue weighted by Gasteiger charge is -2.30. The van der Waals surface area contributed by atoms with Crippen molar-refractivity contribution in [2.75, 3.05) is 52.3 Å². The summed E-state index contributed by atoms with van der Waals surface area (Å²) < 4.78 is 11.0. The second-order valence-corrected chi connectivity index (χ2v) is 7.18. The Kier molecular flexibility index (Phi) is 9.25. The minimum Gasteiger partial charge on any atom is -0.493 e. The lowest BCUT2D eigenvalue weighted by molar-refractivity contribution is 0.181. The Morgan fingerprint density at radius 1 is 1.30 bits per heavy atom. The van der Waals surface area contributed by atoms with Gasteiger partial charge in [0, 0.05) is 31.9 Å². The lowest BCUT2D eigenvalue weighted by Crippen LogP contribution is -2.35. The molecule has 0 amide bonds. The van der Waals surface area contributed by atoms with Crippen LogP contribution in [0.3, 0.4) is 0 Å². The molecule has 2 N–H and O–H groups in total. The Morgan fingerprint density at radius 3 is 2.85 bits per heavy atom. The number of unbranched alkanes of at least 4 members (excludes halogenated alkanes) is 1. The molecule has 0 aliphatic carbocycles. The van der Waals surface area contributed by atoms with Crippen molar-refractivity contribution in [1.29, 1.82) is 0 Å². The van der Waals surface area contributed by atoms with E-state index in [4.69, 9.17) is 9.47 Å². The molecule has 1 heterocycles. The fourth-order valence-electron chi connectivity index (χ4n) is 3.49. The summed E-state index contributed by atoms with van der Waals surface area (Å²) in [4.78, 5) is 6.91. The highest BCUT2D eigenvalue weighted by atomic mass is 16.5. The molecular formula is C21H36N4O2. The van der Waals surface area contributed by atoms with Gasteiger partial charge in [-0.15, -0.1) is 0 Å². The van der Waals surface area contributed by atoms with Crippen LogP contribution in [0.4, 0.5) is 5.69 Å². The van der Waals surface area contributed by atoms with Crippen LogP contribution in [0.2, 0.25) is 0 Å². The second-order valence-electron chi connectivity index (χ2n) is 7.18. The van der Waals surface area contributed by atoms with Crippen molar-refractivity contribution < 1.29 is 9.47 Å². The summed E-state index contributed by atoms with van der Waals surface area (Å²) in [6, 6.07) is 5.81. The van der Waals surface area contributed by atoms with Crippen LogP contribution in [-0.4, -0.2) is 57.8 Å². The van der Waals surface area contributed by atoms with Gasteiger partial charge < -0.3 is 25.0 Å². The number of nitrogens with zero attached hydrogens (tertiary/aromatic N) is 2. The Hall–Kier alpha value is -1.95. The smallest absolute Gasteiger partial charge is 0.195 e. The molecule has 1 saturated heterocycles. The predicted octanol–water partition coefficient (Wildman–Crippen LogP) is 3.59. The SMILES string of the molecule is CCOc1ccc(NC(=NC)NCCCCN2CCCC(C)C2)cc1OC. The van der Waals surface area contributed by atoms with Crippen molar-refractivity contribution in [3.8, 4) is 11.5 Å². The number of piperidine rings is 1. The normalized spacial score (nSPS) is 18.2. The van der Waals surface area contributed by atoms with E-state index >= 15 is 0 Å². The highest BCUT2D eigenvalue weighted by Gasteiger charge is 2.15. The van der Waals surface area contributed by atoms with Crippen LogP contribution in [0, 0.1) is 5.92 Å². The highest BCUT2D eigenvalue weighted by molar-refractivity contribution is 5.93. The second kappa shape index (κ2) is 11.7. The number of rotatable bonds is 9. The molecule has 1 aliphatic heterocycles. The summed E-state index contributed by atoms with van der Waals surface area (Å²) in [5.41, 5.74) is 0.922. The van der Waals surface area contributed by atoms with Gasteiger partial charge in [0.2, 0.25) is 0 Å². The number of benzene rings is 1. The molecule has 0 saturated carbocycles. The number of hydrogen-bond donors (Lipinski definition) is 2. The standard InChI is InChI=1S/C21H36N4O2/c1-5-27-19-11-10-18(15-20(19)26-4)24-21(22-3)23-12-6-7-13-25-14-8-9-17(2)16-25/h10-11,15,17H,5-9,12-14,16H2,1-4H3,(H2,22,23,24). The summed E-state index contributed by atoms with van der Waals surface area (Å²) in [5, 5.41) is 6.70. The van der Waals surface area contributed by atoms with E-state index in [-0.39, 0.29) is 0 Å². The predicted molar refractivity (Wildman–Crippen MR) is 113 cm³/mol. The maximum atomic E-state index is 5.56. The Balaban J connectivity index is 1.72. The number of likely N-dealkylation sites (tertiary alicyclic amines) is 1. The lowest BCUT2D eigenvalue weighted by atomic mass is 10.0. The summed E-state index contributed by atoms with van der Waals surface area (Å²) in [6.45, 7) is 9.58. The number of guanidine groups is 1. The first kappa shape index (κ1) is 21.4. The Morgan fingerprint density at radius 2 is 2.15 bits per heavy atom. The maximum Gasteiger partial charge on any atom is 0.195 e. The molecule has 2 rings (SSSR count). The third kappa shape index (κ3) is 7.29. The van der Waals surface area contributed by atoms with Crippen molar-refractivity contribution >= 4 is 11.6 Å². The van der Waals surface area contributed by atoms with Crippen LogP contribution >= 0.6 is 0 Å². The number of nitrogens with one attached hydrogen (secondary N) is 2. The average molecular weight is 377 g/mol. The first-order valence-electron chi connectivity index (χ1n) is 10.2. The zero-order valence-electron chi connectivity index (χ0n) is 17.4. The van der Waals surface area contributed by atoms with Crippen LogP contribution in [-0.2, 0) is 0 Å². The summed E-state index contributed by atoms with van der Waals surface area (Å²) in [6.07, 6.45) is 5.09. The van der Waals surface area contributed by atoms with Gasteiger partial charge in [-0.2, -0.15) is 0 Å². The van der Waals surface area contributed by atoms with Gasteiger partial charge in [0.1, 0.15) is 0 Å². The number of hydrogen-bond acceptors (Lipinski definition) is 4. The molecule has 6 nitrogen and oxygen atoms in total. The first-order chi connectivity index (χ1) is 13.2. The van der Waals surface area contributed by atoms with Crippen molar-refractivity contribution in [3.05, 3.63) is 18.2 Å². The van der Waals surface area contributed by atoms with Gasteiger partial charge in [-0.1, -0.05) is 6.92 Å². The maximum absolute atomic E-state index is 5.56. The zero-order valence-corrected chi connectivity index (χ0v) is 17.4. The van der Waals surface area contributed by atoms with E-state index in [1.165, 1.54) is 38.9 Å². The number of anilines is 1. The molecule has 27 heavy (non-hydrogen) atoms. The van der Waals surface area contributed by atoms with Gasteiger partial charge in [0.15, 0.2) is 17.5 Å². The van der Waals surface area contributed by atoms with Crippen molar-refractivity contribution in [2.24, 2.45) is 10.9 Å². The fraction of sp³-hybridized carbons (Fsp3) is 0.667. The molecule has 1 fully saturated rings. The van der Waals surface area contributed by atoms with E-state index in [2.05, 4.69) is 27.4 Å². The topological polar surface area (TPSA) is 58.1 Å². The largest absolute Gasteiger partial charge is 0.493 e. The van der Waals surface area contributed by atoms with E-state index in [0.717, 1.165) is 36.3 Å². The molecule has 0 radical (unpaired) electrons. The molecule has 1 unspecified atom stereocenters. The van der Waals surface area contributed by atoms with Crippen LogP contribution in [0.15, 0.2) is 23.2 Å². The van der Waals surface area contributed by atoms with Gasteiger partial charge in [0.05, 0.1) is 13.7 Å². The van der Waals surface area contributed by atoms with Crippen LogP contribution in [0.1, 0.15) is 39.5 Å². The van der Waals surface area contributed by atoms with Gasteiger partial charge in [-0.05, 0) is 63.7 Å². The molecular weight excluding hydrogens is 340 g/mol. The van der Waals surface area contributed by atoms with E-state index < -0.39 is 0 Å². The fourth-order valence-corrected chi connectivity index (χ4v) is 3.49. The van der Waals surface area contributed by atoms with Crippen LogP contribution < -0.4 is 20.1 Å². The third-order valence-electron chi connectivity index (χ3n) is 4.88. The minimum atomic E-state index is 0.614. The molecule has 152 valence electrons. The third-order valence-corrected chi connectivity index (χ3v) is 4.88. The van der Waals surface area contributed by atoms with E-state index in [1.807, 2.05) is 25.1 Å². The van der Waals surface area contributed by atoms with Gasteiger partial charge in [0.25, 0.3) is 0 Å². The number of methoxy groups -OCH3 is 1. The molecule has 0 bridgehead atoms.